The standard InChI is InChI=1S/C11H11N3O3/c12-7(11(15)16)6-17-10-5-13-8-3-1-2-4-9(8)14-10/h1-5,7H,6,12H2,(H,15,16). The number of aromatic nitrogens is 2. The van der Waals surface area contributed by atoms with Crippen LogP contribution in [0.15, 0.2) is 30.5 Å². The number of hydrogen-bond acceptors (Lipinski definition) is 5. The highest BCUT2D eigenvalue weighted by molar-refractivity contribution is 5.74. The van der Waals surface area contributed by atoms with Crippen LogP contribution in [0.1, 0.15) is 0 Å². The first-order valence-corrected chi connectivity index (χ1v) is 5.00. The van der Waals surface area contributed by atoms with Crippen molar-refractivity contribution in [2.45, 2.75) is 6.04 Å². The van der Waals surface area contributed by atoms with Crippen molar-refractivity contribution < 1.29 is 14.6 Å². The molecule has 1 aromatic heterocycles. The fourth-order valence-corrected chi connectivity index (χ4v) is 1.26. The van der Waals surface area contributed by atoms with E-state index in [1.165, 1.54) is 6.20 Å². The minimum atomic E-state index is -1.11. The Bertz CT molecular complexity index is 544. The maximum Gasteiger partial charge on any atom is 0.324 e. The number of hydrogen-bond donors (Lipinski definition) is 2. The maximum absolute atomic E-state index is 10.5. The van der Waals surface area contributed by atoms with E-state index >= 15 is 0 Å². The van der Waals surface area contributed by atoms with Crippen molar-refractivity contribution >= 4 is 17.0 Å². The molecular formula is C11H11N3O3. The lowest BCUT2D eigenvalue weighted by Crippen LogP contribution is -2.36. The van der Waals surface area contributed by atoms with Gasteiger partial charge in [0.1, 0.15) is 12.6 Å². The van der Waals surface area contributed by atoms with Crippen molar-refractivity contribution in [3.63, 3.8) is 0 Å². The maximum atomic E-state index is 10.5. The molecule has 3 N–H and O–H groups in total. The largest absolute Gasteiger partial charge is 0.480 e. The number of para-hydroxylation sites is 2. The van der Waals surface area contributed by atoms with E-state index in [9.17, 15) is 4.79 Å². The summed E-state index contributed by atoms with van der Waals surface area (Å²) in [5.41, 5.74) is 6.75. The highest BCUT2D eigenvalue weighted by Crippen LogP contribution is 2.12. The zero-order chi connectivity index (χ0) is 12.3. The van der Waals surface area contributed by atoms with Gasteiger partial charge in [0.15, 0.2) is 0 Å². The van der Waals surface area contributed by atoms with Gasteiger partial charge in [0.05, 0.1) is 17.2 Å². The molecule has 0 fully saturated rings. The molecule has 6 heteroatoms. The normalized spacial score (nSPS) is 12.3. The van der Waals surface area contributed by atoms with Crippen molar-refractivity contribution in [2.24, 2.45) is 5.73 Å². The smallest absolute Gasteiger partial charge is 0.324 e. The van der Waals surface area contributed by atoms with Crippen LogP contribution in [0.5, 0.6) is 5.88 Å². The van der Waals surface area contributed by atoms with E-state index in [0.29, 0.717) is 5.52 Å². The van der Waals surface area contributed by atoms with Crippen LogP contribution in [0, 0.1) is 0 Å². The number of carboxylic acid groups (broad SMARTS) is 1. The lowest BCUT2D eigenvalue weighted by atomic mass is 10.3. The Labute approximate surface area is 97.1 Å². The van der Waals surface area contributed by atoms with E-state index < -0.39 is 12.0 Å². The first-order valence-electron chi connectivity index (χ1n) is 5.00. The van der Waals surface area contributed by atoms with Crippen molar-refractivity contribution in [2.75, 3.05) is 6.61 Å². The van der Waals surface area contributed by atoms with E-state index in [-0.39, 0.29) is 12.5 Å². The van der Waals surface area contributed by atoms with Crippen LogP contribution < -0.4 is 10.5 Å². The molecule has 0 saturated carbocycles. The fourth-order valence-electron chi connectivity index (χ4n) is 1.26. The zero-order valence-electron chi connectivity index (χ0n) is 8.91. The quantitative estimate of drug-likeness (QED) is 0.794. The minimum Gasteiger partial charge on any atom is -0.480 e. The molecule has 0 amide bonds. The summed E-state index contributed by atoms with van der Waals surface area (Å²) < 4.78 is 5.16. The molecule has 0 spiro atoms. The van der Waals surface area contributed by atoms with Crippen molar-refractivity contribution in [1.82, 2.24) is 9.97 Å². The van der Waals surface area contributed by atoms with Crippen LogP contribution in [0.3, 0.4) is 0 Å². The predicted molar refractivity (Wildman–Crippen MR) is 60.6 cm³/mol. The van der Waals surface area contributed by atoms with Gasteiger partial charge in [0.2, 0.25) is 5.88 Å². The number of ether oxygens (including phenoxy) is 1. The van der Waals surface area contributed by atoms with Gasteiger partial charge in [-0.1, -0.05) is 12.1 Å². The first-order chi connectivity index (χ1) is 8.16. The molecule has 0 saturated heterocycles. The van der Waals surface area contributed by atoms with Crippen LogP contribution in [0.2, 0.25) is 0 Å². The van der Waals surface area contributed by atoms with Gasteiger partial charge < -0.3 is 15.6 Å². The molecule has 0 aliphatic rings. The Hall–Kier alpha value is -2.21. The topological polar surface area (TPSA) is 98.3 Å². The second kappa shape index (κ2) is 4.75. The minimum absolute atomic E-state index is 0.137. The van der Waals surface area contributed by atoms with Crippen LogP contribution in [-0.2, 0) is 4.79 Å². The molecule has 2 rings (SSSR count). The van der Waals surface area contributed by atoms with E-state index in [1.807, 2.05) is 18.2 Å². The third kappa shape index (κ3) is 2.67. The highest BCUT2D eigenvalue weighted by atomic mass is 16.5. The SMILES string of the molecule is NC(COc1cnc2ccccc2n1)C(=O)O. The predicted octanol–water partition coefficient (Wildman–Crippen LogP) is 0.420. The number of nitrogens with two attached hydrogens (primary N) is 1. The van der Waals surface area contributed by atoms with Gasteiger partial charge in [0.25, 0.3) is 0 Å². The molecule has 2 aromatic rings. The number of nitrogens with zero attached hydrogens (tertiary/aromatic N) is 2. The molecule has 1 aromatic carbocycles. The van der Waals surface area contributed by atoms with Gasteiger partial charge in [-0.15, -0.1) is 0 Å². The molecule has 0 aliphatic heterocycles. The number of fused-ring (bicyclic) bond motifs is 1. The van der Waals surface area contributed by atoms with Crippen LogP contribution in [0.25, 0.3) is 11.0 Å². The Kier molecular flexibility index (Phi) is 3.15. The molecule has 0 bridgehead atoms. The summed E-state index contributed by atoms with van der Waals surface area (Å²) >= 11 is 0. The summed E-state index contributed by atoms with van der Waals surface area (Å²) in [7, 11) is 0. The molecular weight excluding hydrogens is 222 g/mol. The van der Waals surface area contributed by atoms with Crippen molar-refractivity contribution in [3.8, 4) is 5.88 Å². The molecule has 0 radical (unpaired) electrons. The number of rotatable bonds is 4. The molecule has 1 heterocycles. The van der Waals surface area contributed by atoms with E-state index in [2.05, 4.69) is 9.97 Å². The van der Waals surface area contributed by atoms with Crippen molar-refractivity contribution in [3.05, 3.63) is 30.5 Å². The average molecular weight is 233 g/mol. The first kappa shape index (κ1) is 11.3. The van der Waals surface area contributed by atoms with E-state index in [1.54, 1.807) is 6.07 Å². The number of benzene rings is 1. The summed E-state index contributed by atoms with van der Waals surface area (Å²) in [4.78, 5) is 18.8. The lowest BCUT2D eigenvalue weighted by molar-refractivity contribution is -0.139. The van der Waals surface area contributed by atoms with Gasteiger partial charge in [-0.3, -0.25) is 4.79 Å². The monoisotopic (exact) mass is 233 g/mol. The van der Waals surface area contributed by atoms with E-state index in [4.69, 9.17) is 15.6 Å². The molecule has 1 atom stereocenters. The summed E-state index contributed by atoms with van der Waals surface area (Å²) in [5.74, 6) is -0.848. The Balaban J connectivity index is 2.12. The van der Waals surface area contributed by atoms with Gasteiger partial charge >= 0.3 is 5.97 Å². The fraction of sp³-hybridized carbons (Fsp3) is 0.182. The highest BCUT2D eigenvalue weighted by Gasteiger charge is 2.12. The van der Waals surface area contributed by atoms with Crippen molar-refractivity contribution in [1.29, 1.82) is 0 Å². The summed E-state index contributed by atoms with van der Waals surface area (Å²) in [6.45, 7) is -0.137. The Morgan fingerprint density at radius 3 is 2.82 bits per heavy atom. The molecule has 1 unspecified atom stereocenters. The summed E-state index contributed by atoms with van der Waals surface area (Å²) in [5, 5.41) is 8.59. The van der Waals surface area contributed by atoms with Gasteiger partial charge in [-0.25, -0.2) is 9.97 Å². The van der Waals surface area contributed by atoms with Crippen LogP contribution >= 0.6 is 0 Å². The second-order valence-corrected chi connectivity index (χ2v) is 3.45. The molecule has 88 valence electrons. The Morgan fingerprint density at radius 2 is 2.12 bits per heavy atom. The van der Waals surface area contributed by atoms with Gasteiger partial charge in [0, 0.05) is 0 Å². The zero-order valence-corrected chi connectivity index (χ0v) is 8.91. The summed E-state index contributed by atoms with van der Waals surface area (Å²) in [6, 6.07) is 6.26. The summed E-state index contributed by atoms with van der Waals surface area (Å²) in [6.07, 6.45) is 1.44. The van der Waals surface area contributed by atoms with E-state index in [0.717, 1.165) is 5.52 Å². The number of carboxylic acids is 1. The third-order valence-electron chi connectivity index (χ3n) is 2.15. The average Bonchev–Trinajstić information content (AvgIpc) is 2.35. The molecule has 6 nitrogen and oxygen atoms in total. The van der Waals surface area contributed by atoms with Gasteiger partial charge in [-0.05, 0) is 12.1 Å². The Morgan fingerprint density at radius 1 is 1.41 bits per heavy atom. The van der Waals surface area contributed by atoms with Crippen LogP contribution in [0.4, 0.5) is 0 Å². The lowest BCUT2D eigenvalue weighted by Gasteiger charge is -2.08. The third-order valence-corrected chi connectivity index (χ3v) is 2.15. The van der Waals surface area contributed by atoms with Crippen LogP contribution in [-0.4, -0.2) is 33.7 Å². The van der Waals surface area contributed by atoms with Gasteiger partial charge in [-0.2, -0.15) is 0 Å². The number of carbonyl (C=O) groups is 1. The molecule has 0 aliphatic carbocycles. The second-order valence-electron chi connectivity index (χ2n) is 3.45. The number of aliphatic carboxylic acids is 1. The molecule has 17 heavy (non-hydrogen) atoms.